The molecule has 1 nitrogen and oxygen atoms in total. The summed E-state index contributed by atoms with van der Waals surface area (Å²) in [5.74, 6) is -1.06. The number of halogens is 2. The highest BCUT2D eigenvalue weighted by Crippen LogP contribution is 2.28. The van der Waals surface area contributed by atoms with Gasteiger partial charge in [-0.05, 0) is 42.2 Å². The van der Waals surface area contributed by atoms with Crippen LogP contribution in [0, 0.1) is 25.5 Å². The second-order valence-electron chi connectivity index (χ2n) is 4.43. The monoisotopic (exact) mass is 247 g/mol. The third kappa shape index (κ3) is 2.27. The first-order valence-electron chi connectivity index (χ1n) is 5.78. The van der Waals surface area contributed by atoms with Gasteiger partial charge in [-0.3, -0.25) is 0 Å². The molecule has 94 valence electrons. The van der Waals surface area contributed by atoms with E-state index in [1.807, 2.05) is 25.1 Å². The van der Waals surface area contributed by atoms with Gasteiger partial charge in [0.05, 0.1) is 0 Å². The fourth-order valence-corrected chi connectivity index (χ4v) is 2.02. The van der Waals surface area contributed by atoms with E-state index in [1.54, 1.807) is 6.92 Å². The molecule has 2 aromatic carbocycles. The predicted octanol–water partition coefficient (Wildman–Crippen LogP) is 3.71. The van der Waals surface area contributed by atoms with Gasteiger partial charge in [-0.25, -0.2) is 8.78 Å². The topological polar surface area (TPSA) is 26.0 Å². The summed E-state index contributed by atoms with van der Waals surface area (Å²) >= 11 is 0. The first kappa shape index (κ1) is 12.7. The van der Waals surface area contributed by atoms with Crippen LogP contribution in [0.4, 0.5) is 8.78 Å². The molecule has 0 radical (unpaired) electrons. The molecule has 2 aromatic rings. The summed E-state index contributed by atoms with van der Waals surface area (Å²) in [5.41, 5.74) is 9.12. The highest BCUT2D eigenvalue weighted by atomic mass is 19.1. The van der Waals surface area contributed by atoms with Crippen LogP contribution in [0.1, 0.15) is 16.7 Å². The highest BCUT2D eigenvalue weighted by molar-refractivity contribution is 5.69. The minimum atomic E-state index is -0.540. The van der Waals surface area contributed by atoms with Crippen LogP contribution in [-0.4, -0.2) is 0 Å². The molecule has 0 aliphatic heterocycles. The Morgan fingerprint density at radius 2 is 1.61 bits per heavy atom. The molecule has 0 saturated carbocycles. The molecule has 2 rings (SSSR count). The molecule has 18 heavy (non-hydrogen) atoms. The van der Waals surface area contributed by atoms with E-state index >= 15 is 0 Å². The summed E-state index contributed by atoms with van der Waals surface area (Å²) in [7, 11) is 0. The third-order valence-electron chi connectivity index (χ3n) is 3.06. The molecule has 3 heteroatoms. The standard InChI is InChI=1S/C15H15F2N/c1-9-5-11(8-18)3-4-12(9)13-6-10(2)14(16)7-15(13)17/h3-7H,8,18H2,1-2H3. The average Bonchev–Trinajstić information content (AvgIpc) is 2.34. The molecule has 0 fully saturated rings. The van der Waals surface area contributed by atoms with Crippen molar-refractivity contribution < 1.29 is 8.78 Å². The molecule has 0 heterocycles. The van der Waals surface area contributed by atoms with E-state index < -0.39 is 11.6 Å². The van der Waals surface area contributed by atoms with E-state index in [0.717, 1.165) is 22.8 Å². The molecule has 0 aliphatic carbocycles. The largest absolute Gasteiger partial charge is 0.326 e. The lowest BCUT2D eigenvalue weighted by molar-refractivity contribution is 0.579. The van der Waals surface area contributed by atoms with Crippen molar-refractivity contribution in [2.45, 2.75) is 20.4 Å². The van der Waals surface area contributed by atoms with Crippen LogP contribution in [0.2, 0.25) is 0 Å². The second kappa shape index (κ2) is 4.86. The van der Waals surface area contributed by atoms with Crippen molar-refractivity contribution >= 4 is 0 Å². The van der Waals surface area contributed by atoms with E-state index in [1.165, 1.54) is 6.07 Å². The van der Waals surface area contributed by atoms with E-state index in [2.05, 4.69) is 0 Å². The van der Waals surface area contributed by atoms with Gasteiger partial charge in [-0.1, -0.05) is 18.2 Å². The Hall–Kier alpha value is -1.74. The minimum Gasteiger partial charge on any atom is -0.326 e. The van der Waals surface area contributed by atoms with E-state index in [4.69, 9.17) is 5.73 Å². The summed E-state index contributed by atoms with van der Waals surface area (Å²) in [6, 6.07) is 8.08. The minimum absolute atomic E-state index is 0.426. The third-order valence-corrected chi connectivity index (χ3v) is 3.06. The molecule has 2 N–H and O–H groups in total. The normalized spacial score (nSPS) is 10.7. The quantitative estimate of drug-likeness (QED) is 0.860. The summed E-state index contributed by atoms with van der Waals surface area (Å²) < 4.78 is 27.1. The molecular weight excluding hydrogens is 232 g/mol. The Balaban J connectivity index is 2.58. The number of hydrogen-bond donors (Lipinski definition) is 1. The molecule has 0 atom stereocenters. The first-order chi connectivity index (χ1) is 8.52. The first-order valence-corrected chi connectivity index (χ1v) is 5.78. The summed E-state index contributed by atoms with van der Waals surface area (Å²) in [6.07, 6.45) is 0. The lowest BCUT2D eigenvalue weighted by Gasteiger charge is -2.10. The number of nitrogens with two attached hydrogens (primary N) is 1. The summed E-state index contributed by atoms with van der Waals surface area (Å²) in [6.45, 7) is 3.97. The van der Waals surface area contributed by atoms with E-state index in [-0.39, 0.29) is 0 Å². The number of rotatable bonds is 2. The van der Waals surface area contributed by atoms with Gasteiger partial charge >= 0.3 is 0 Å². The fraction of sp³-hybridized carbons (Fsp3) is 0.200. The Bertz CT molecular complexity index is 591. The molecular formula is C15H15F2N. The van der Waals surface area contributed by atoms with Crippen molar-refractivity contribution in [1.82, 2.24) is 0 Å². The van der Waals surface area contributed by atoms with Crippen LogP contribution in [0.3, 0.4) is 0 Å². The summed E-state index contributed by atoms with van der Waals surface area (Å²) in [4.78, 5) is 0. The molecule has 0 saturated heterocycles. The van der Waals surface area contributed by atoms with Gasteiger partial charge in [0.15, 0.2) is 0 Å². The number of benzene rings is 2. The lowest BCUT2D eigenvalue weighted by atomic mass is 9.96. The zero-order valence-electron chi connectivity index (χ0n) is 10.4. The van der Waals surface area contributed by atoms with Crippen LogP contribution < -0.4 is 5.73 Å². The van der Waals surface area contributed by atoms with Crippen molar-refractivity contribution in [3.63, 3.8) is 0 Å². The van der Waals surface area contributed by atoms with Gasteiger partial charge < -0.3 is 5.73 Å². The molecule has 0 bridgehead atoms. The molecule has 0 unspecified atom stereocenters. The van der Waals surface area contributed by atoms with Gasteiger partial charge in [0.1, 0.15) is 11.6 Å². The molecule has 0 aromatic heterocycles. The van der Waals surface area contributed by atoms with Crippen molar-refractivity contribution in [2.75, 3.05) is 0 Å². The van der Waals surface area contributed by atoms with Crippen molar-refractivity contribution in [1.29, 1.82) is 0 Å². The van der Waals surface area contributed by atoms with Gasteiger partial charge in [0.25, 0.3) is 0 Å². The number of aryl methyl sites for hydroxylation is 2. The van der Waals surface area contributed by atoms with Gasteiger partial charge in [0, 0.05) is 18.2 Å². The SMILES string of the molecule is Cc1cc(-c2ccc(CN)cc2C)c(F)cc1F. The predicted molar refractivity (Wildman–Crippen MR) is 69.2 cm³/mol. The fourth-order valence-electron chi connectivity index (χ4n) is 2.02. The smallest absolute Gasteiger partial charge is 0.133 e. The maximum atomic E-state index is 13.8. The Kier molecular flexibility index (Phi) is 3.43. The van der Waals surface area contributed by atoms with Crippen molar-refractivity contribution in [2.24, 2.45) is 5.73 Å². The van der Waals surface area contributed by atoms with Crippen LogP contribution in [-0.2, 0) is 6.54 Å². The van der Waals surface area contributed by atoms with Gasteiger partial charge in [-0.2, -0.15) is 0 Å². The van der Waals surface area contributed by atoms with Gasteiger partial charge in [0.2, 0.25) is 0 Å². The average molecular weight is 247 g/mol. The zero-order valence-corrected chi connectivity index (χ0v) is 10.4. The summed E-state index contributed by atoms with van der Waals surface area (Å²) in [5, 5.41) is 0. The molecule has 0 aliphatic rings. The van der Waals surface area contributed by atoms with E-state index in [0.29, 0.717) is 17.7 Å². The highest BCUT2D eigenvalue weighted by Gasteiger charge is 2.11. The van der Waals surface area contributed by atoms with Crippen LogP contribution in [0.25, 0.3) is 11.1 Å². The molecule has 0 spiro atoms. The Morgan fingerprint density at radius 3 is 2.22 bits per heavy atom. The maximum absolute atomic E-state index is 13.8. The lowest BCUT2D eigenvalue weighted by Crippen LogP contribution is -1.98. The van der Waals surface area contributed by atoms with Gasteiger partial charge in [-0.15, -0.1) is 0 Å². The molecule has 0 amide bonds. The van der Waals surface area contributed by atoms with Crippen LogP contribution in [0.15, 0.2) is 30.3 Å². The van der Waals surface area contributed by atoms with Crippen LogP contribution >= 0.6 is 0 Å². The number of hydrogen-bond acceptors (Lipinski definition) is 1. The second-order valence-corrected chi connectivity index (χ2v) is 4.43. The Morgan fingerprint density at radius 1 is 0.889 bits per heavy atom. The zero-order chi connectivity index (χ0) is 13.3. The van der Waals surface area contributed by atoms with Crippen molar-refractivity contribution in [3.05, 3.63) is 58.7 Å². The van der Waals surface area contributed by atoms with Crippen LogP contribution in [0.5, 0.6) is 0 Å². The maximum Gasteiger partial charge on any atom is 0.133 e. The Labute approximate surface area is 105 Å². The van der Waals surface area contributed by atoms with E-state index in [9.17, 15) is 8.78 Å². The van der Waals surface area contributed by atoms with Crippen molar-refractivity contribution in [3.8, 4) is 11.1 Å².